The quantitative estimate of drug-likeness (QED) is 0.625. The molecule has 1 amide bonds. The van der Waals surface area contributed by atoms with Crippen LogP contribution in [-0.2, 0) is 11.8 Å². The first-order valence-corrected chi connectivity index (χ1v) is 7.43. The minimum absolute atomic E-state index is 0.225. The SMILES string of the molecule is Cn1cccc1/C=C1\SC(=S)N(c2cccc(F)c2)C1=O. The van der Waals surface area contributed by atoms with Crippen molar-refractivity contribution >= 4 is 46.0 Å². The van der Waals surface area contributed by atoms with E-state index < -0.39 is 5.82 Å². The number of thioether (sulfide) groups is 1. The summed E-state index contributed by atoms with van der Waals surface area (Å²) in [7, 11) is 1.90. The van der Waals surface area contributed by atoms with Gasteiger partial charge in [0.25, 0.3) is 5.91 Å². The van der Waals surface area contributed by atoms with Gasteiger partial charge in [-0.15, -0.1) is 0 Å². The Labute approximate surface area is 131 Å². The number of rotatable bonds is 2. The maximum Gasteiger partial charge on any atom is 0.270 e. The normalized spacial score (nSPS) is 17.0. The Morgan fingerprint density at radius 3 is 2.76 bits per heavy atom. The number of thiocarbonyl (C=S) groups is 1. The second-order valence-corrected chi connectivity index (χ2v) is 6.22. The van der Waals surface area contributed by atoms with Gasteiger partial charge in [-0.3, -0.25) is 9.69 Å². The zero-order chi connectivity index (χ0) is 15.0. The number of nitrogens with zero attached hydrogens (tertiary/aromatic N) is 2. The molecule has 0 saturated carbocycles. The number of aryl methyl sites for hydroxylation is 1. The molecule has 2 heterocycles. The van der Waals surface area contributed by atoms with Crippen molar-refractivity contribution in [1.29, 1.82) is 0 Å². The molecule has 3 nitrogen and oxygen atoms in total. The fourth-order valence-corrected chi connectivity index (χ4v) is 3.35. The van der Waals surface area contributed by atoms with E-state index in [1.54, 1.807) is 18.2 Å². The predicted molar refractivity (Wildman–Crippen MR) is 87.5 cm³/mol. The number of carbonyl (C=O) groups is 1. The van der Waals surface area contributed by atoms with E-state index >= 15 is 0 Å². The van der Waals surface area contributed by atoms with E-state index in [0.29, 0.717) is 14.9 Å². The van der Waals surface area contributed by atoms with Crippen molar-refractivity contribution in [3.05, 3.63) is 59.0 Å². The number of anilines is 1. The van der Waals surface area contributed by atoms with Crippen molar-refractivity contribution in [1.82, 2.24) is 4.57 Å². The molecular weight excluding hydrogens is 307 g/mol. The number of halogens is 1. The van der Waals surface area contributed by atoms with Crippen LogP contribution >= 0.6 is 24.0 Å². The lowest BCUT2D eigenvalue weighted by Gasteiger charge is -2.14. The van der Waals surface area contributed by atoms with Gasteiger partial charge in [0.05, 0.1) is 10.6 Å². The highest BCUT2D eigenvalue weighted by molar-refractivity contribution is 8.27. The molecule has 0 spiro atoms. The Balaban J connectivity index is 1.96. The zero-order valence-corrected chi connectivity index (χ0v) is 12.7. The summed E-state index contributed by atoms with van der Waals surface area (Å²) in [4.78, 5) is 14.4. The van der Waals surface area contributed by atoms with Crippen LogP contribution in [0.5, 0.6) is 0 Å². The molecule has 0 atom stereocenters. The molecule has 1 aromatic carbocycles. The summed E-state index contributed by atoms with van der Waals surface area (Å²) in [6.07, 6.45) is 3.69. The first kappa shape index (κ1) is 14.0. The van der Waals surface area contributed by atoms with Gasteiger partial charge in [0.2, 0.25) is 0 Å². The summed E-state index contributed by atoms with van der Waals surface area (Å²) in [5.74, 6) is -0.621. The molecule has 3 rings (SSSR count). The number of amides is 1. The number of hydrogen-bond acceptors (Lipinski definition) is 3. The Morgan fingerprint density at radius 1 is 1.29 bits per heavy atom. The molecule has 1 aliphatic heterocycles. The van der Waals surface area contributed by atoms with Gasteiger partial charge < -0.3 is 4.57 Å². The van der Waals surface area contributed by atoms with Crippen LogP contribution in [0.1, 0.15) is 5.69 Å². The molecular formula is C15H11FN2OS2. The molecule has 0 unspecified atom stereocenters. The minimum atomic E-state index is -0.395. The van der Waals surface area contributed by atoms with E-state index in [2.05, 4.69) is 0 Å². The molecule has 0 bridgehead atoms. The summed E-state index contributed by atoms with van der Waals surface area (Å²) in [6, 6.07) is 9.68. The molecule has 2 aromatic rings. The third kappa shape index (κ3) is 2.64. The summed E-state index contributed by atoms with van der Waals surface area (Å²) in [6.45, 7) is 0. The van der Waals surface area contributed by atoms with Crippen molar-refractivity contribution in [2.75, 3.05) is 4.90 Å². The number of benzene rings is 1. The molecule has 106 valence electrons. The van der Waals surface area contributed by atoms with Crippen LogP contribution < -0.4 is 4.90 Å². The number of carbonyl (C=O) groups excluding carboxylic acids is 1. The van der Waals surface area contributed by atoms with Crippen LogP contribution in [0.2, 0.25) is 0 Å². The van der Waals surface area contributed by atoms with Gasteiger partial charge in [-0.1, -0.05) is 30.0 Å². The molecule has 0 N–H and O–H groups in total. The Kier molecular flexibility index (Phi) is 3.65. The Hall–Kier alpha value is -1.92. The topological polar surface area (TPSA) is 25.2 Å². The van der Waals surface area contributed by atoms with Gasteiger partial charge in [-0.2, -0.15) is 0 Å². The van der Waals surface area contributed by atoms with E-state index in [0.717, 1.165) is 5.69 Å². The minimum Gasteiger partial charge on any atom is -0.351 e. The monoisotopic (exact) mass is 318 g/mol. The lowest BCUT2D eigenvalue weighted by Crippen LogP contribution is -2.27. The third-order valence-electron chi connectivity index (χ3n) is 3.12. The van der Waals surface area contributed by atoms with Crippen molar-refractivity contribution in [2.45, 2.75) is 0 Å². The summed E-state index contributed by atoms with van der Waals surface area (Å²) in [5.41, 5.74) is 1.36. The van der Waals surface area contributed by atoms with E-state index in [-0.39, 0.29) is 5.91 Å². The highest BCUT2D eigenvalue weighted by Gasteiger charge is 2.33. The fourth-order valence-electron chi connectivity index (χ4n) is 2.06. The molecule has 0 radical (unpaired) electrons. The molecule has 1 fully saturated rings. The van der Waals surface area contributed by atoms with Crippen molar-refractivity contribution in [2.24, 2.45) is 7.05 Å². The molecule has 6 heteroatoms. The standard InChI is InChI=1S/C15H11FN2OS2/c1-17-7-3-6-11(17)9-13-14(19)18(15(20)21-13)12-5-2-4-10(16)8-12/h2-9H,1H3/b13-9-. The van der Waals surface area contributed by atoms with Crippen LogP contribution in [0.4, 0.5) is 10.1 Å². The van der Waals surface area contributed by atoms with Crippen LogP contribution in [-0.4, -0.2) is 14.8 Å². The lowest BCUT2D eigenvalue weighted by atomic mass is 10.2. The molecule has 1 aromatic heterocycles. The summed E-state index contributed by atoms with van der Waals surface area (Å²) in [5, 5.41) is 0. The van der Waals surface area contributed by atoms with E-state index in [9.17, 15) is 9.18 Å². The highest BCUT2D eigenvalue weighted by atomic mass is 32.2. The van der Waals surface area contributed by atoms with Crippen molar-refractivity contribution < 1.29 is 9.18 Å². The average Bonchev–Trinajstić information content (AvgIpc) is 2.95. The second-order valence-electron chi connectivity index (χ2n) is 4.54. The van der Waals surface area contributed by atoms with E-state index in [1.165, 1.54) is 28.8 Å². The summed E-state index contributed by atoms with van der Waals surface area (Å²) < 4.78 is 15.6. The van der Waals surface area contributed by atoms with Crippen molar-refractivity contribution in [3.63, 3.8) is 0 Å². The largest absolute Gasteiger partial charge is 0.351 e. The number of hydrogen-bond donors (Lipinski definition) is 0. The van der Waals surface area contributed by atoms with Crippen LogP contribution in [0, 0.1) is 5.82 Å². The van der Waals surface area contributed by atoms with Crippen LogP contribution in [0.25, 0.3) is 6.08 Å². The van der Waals surface area contributed by atoms with Crippen molar-refractivity contribution in [3.8, 4) is 0 Å². The van der Waals surface area contributed by atoms with Gasteiger partial charge in [-0.05, 0) is 36.4 Å². The Bertz CT molecular complexity index is 767. The van der Waals surface area contributed by atoms with Gasteiger partial charge in [0.1, 0.15) is 5.82 Å². The molecule has 0 aliphatic carbocycles. The van der Waals surface area contributed by atoms with E-state index in [1.807, 2.05) is 29.9 Å². The van der Waals surface area contributed by atoms with Gasteiger partial charge in [0.15, 0.2) is 4.32 Å². The predicted octanol–water partition coefficient (Wildman–Crippen LogP) is 3.57. The second kappa shape index (κ2) is 5.46. The lowest BCUT2D eigenvalue weighted by molar-refractivity contribution is -0.113. The highest BCUT2D eigenvalue weighted by Crippen LogP contribution is 2.36. The number of aromatic nitrogens is 1. The molecule has 21 heavy (non-hydrogen) atoms. The smallest absolute Gasteiger partial charge is 0.270 e. The molecule has 1 aliphatic rings. The van der Waals surface area contributed by atoms with E-state index in [4.69, 9.17) is 12.2 Å². The van der Waals surface area contributed by atoms with Gasteiger partial charge in [-0.25, -0.2) is 4.39 Å². The van der Waals surface area contributed by atoms with Crippen LogP contribution in [0.3, 0.4) is 0 Å². The molecule has 1 saturated heterocycles. The maximum atomic E-state index is 13.3. The summed E-state index contributed by atoms with van der Waals surface area (Å²) >= 11 is 6.47. The maximum absolute atomic E-state index is 13.3. The fraction of sp³-hybridized carbons (Fsp3) is 0.0667. The first-order chi connectivity index (χ1) is 10.1. The first-order valence-electron chi connectivity index (χ1n) is 6.21. The third-order valence-corrected chi connectivity index (χ3v) is 4.43. The van der Waals surface area contributed by atoms with Crippen LogP contribution in [0.15, 0.2) is 47.5 Å². The van der Waals surface area contributed by atoms with Gasteiger partial charge in [0, 0.05) is 18.9 Å². The average molecular weight is 318 g/mol. The zero-order valence-electron chi connectivity index (χ0n) is 11.1. The Morgan fingerprint density at radius 2 is 2.10 bits per heavy atom. The van der Waals surface area contributed by atoms with Gasteiger partial charge >= 0.3 is 0 Å².